The predicted molar refractivity (Wildman–Crippen MR) is 163 cm³/mol. The van der Waals surface area contributed by atoms with E-state index >= 15 is 0 Å². The van der Waals surface area contributed by atoms with Crippen LogP contribution in [0.1, 0.15) is 92.4 Å². The number of likely N-dealkylation sites (N-methyl/N-ethyl adjacent to an activating group) is 1. The molecule has 2 aliphatic carbocycles. The lowest BCUT2D eigenvalue weighted by Crippen LogP contribution is -2.46. The smallest absolute Gasteiger partial charge is 0.407 e. The number of amides is 1. The fourth-order valence-corrected chi connectivity index (χ4v) is 3.70. The number of nitrogens with one attached hydrogen (secondary N) is 2. The van der Waals surface area contributed by atoms with Crippen LogP contribution in [0.4, 0.5) is 4.79 Å². The van der Waals surface area contributed by atoms with E-state index in [0.717, 1.165) is 51.7 Å². The fourth-order valence-electron chi connectivity index (χ4n) is 3.70. The normalized spacial score (nSPS) is 25.2. The van der Waals surface area contributed by atoms with Crippen molar-refractivity contribution in [1.82, 2.24) is 10.6 Å². The Kier molecular flexibility index (Phi) is 32.9. The van der Waals surface area contributed by atoms with Gasteiger partial charge in [-0.2, -0.15) is 54.0 Å². The molecule has 1 heterocycles. The lowest BCUT2D eigenvalue weighted by Gasteiger charge is -2.29. The first-order valence-electron chi connectivity index (χ1n) is 11.3. The molecule has 2 saturated carbocycles. The van der Waals surface area contributed by atoms with Crippen LogP contribution in [0.25, 0.3) is 0 Å². The zero-order valence-electron chi connectivity index (χ0n) is 20.9. The molecule has 0 aromatic carbocycles. The van der Waals surface area contributed by atoms with E-state index in [2.05, 4.69) is 10.6 Å². The van der Waals surface area contributed by atoms with Gasteiger partial charge in [-0.1, -0.05) is 33.1 Å². The first-order valence-corrected chi connectivity index (χ1v) is 11.3. The molecule has 3 aliphatic rings. The van der Waals surface area contributed by atoms with Crippen LogP contribution in [-0.4, -0.2) is 66.5 Å². The number of aliphatic hydroxyl groups excluding tert-OH is 2. The minimum absolute atomic E-state index is 0. The summed E-state index contributed by atoms with van der Waals surface area (Å²) in [5, 5.41) is 24.8. The first kappa shape index (κ1) is 44.5. The Morgan fingerprint density at radius 3 is 1.50 bits per heavy atom. The molecule has 0 unspecified atom stereocenters. The minimum atomic E-state index is -0.482. The lowest BCUT2D eigenvalue weighted by atomic mass is 9.93. The van der Waals surface area contributed by atoms with Crippen molar-refractivity contribution in [2.45, 2.75) is 122 Å². The maximum absolute atomic E-state index is 11.4. The van der Waals surface area contributed by atoms with Crippen molar-refractivity contribution in [3.05, 3.63) is 0 Å². The molecule has 0 aromatic rings. The second-order valence-corrected chi connectivity index (χ2v) is 9.17. The van der Waals surface area contributed by atoms with E-state index in [-0.39, 0.29) is 73.6 Å². The zero-order valence-corrected chi connectivity index (χ0v) is 24.9. The summed E-state index contributed by atoms with van der Waals surface area (Å²) in [5.41, 5.74) is -0.482. The highest BCUT2D eigenvalue weighted by atomic mass is 32.1. The van der Waals surface area contributed by atoms with Crippen molar-refractivity contribution in [2.24, 2.45) is 0 Å². The lowest BCUT2D eigenvalue weighted by molar-refractivity contribution is 0.0363. The van der Waals surface area contributed by atoms with Crippen LogP contribution in [0, 0.1) is 0 Å². The average Bonchev–Trinajstić information content (AvgIpc) is 3.23. The molecule has 4 N–H and O–H groups in total. The SMILES string of the molecule is C.C1CCOC1.CC(C)(C)OC(=O)N[C@H]1CCCC[C@@H]1O.CN[C@H]1CCCC[C@@H]1O.S.S.S.S. The highest BCUT2D eigenvalue weighted by Crippen LogP contribution is 2.19. The van der Waals surface area contributed by atoms with Gasteiger partial charge in [0.05, 0.1) is 18.2 Å². The topological polar surface area (TPSA) is 100 Å². The Bertz CT molecular complexity index is 448. The van der Waals surface area contributed by atoms with Crippen LogP contribution >= 0.6 is 54.0 Å². The highest BCUT2D eigenvalue weighted by molar-refractivity contribution is 7.59. The average molecular weight is 569 g/mol. The van der Waals surface area contributed by atoms with Gasteiger partial charge in [0.25, 0.3) is 0 Å². The maximum Gasteiger partial charge on any atom is 0.407 e. The molecule has 3 rings (SSSR count). The number of carbonyl (C=O) groups is 1. The Labute approximate surface area is 237 Å². The molecule has 0 spiro atoms. The number of aliphatic hydroxyl groups is 2. The number of carbonyl (C=O) groups excluding carboxylic acids is 1. The summed E-state index contributed by atoms with van der Waals surface area (Å²) < 4.78 is 10.1. The number of hydrogen-bond donors (Lipinski definition) is 4. The van der Waals surface area contributed by atoms with Crippen molar-refractivity contribution in [2.75, 3.05) is 20.3 Å². The van der Waals surface area contributed by atoms with Gasteiger partial charge < -0.3 is 30.3 Å². The van der Waals surface area contributed by atoms with Crippen molar-refractivity contribution >= 4 is 60.1 Å². The van der Waals surface area contributed by atoms with E-state index in [1.807, 2.05) is 27.8 Å². The van der Waals surface area contributed by atoms with Gasteiger partial charge >= 0.3 is 6.09 Å². The van der Waals surface area contributed by atoms with Crippen LogP contribution in [0.2, 0.25) is 0 Å². The number of hydrogen-bond acceptors (Lipinski definition) is 6. The minimum Gasteiger partial charge on any atom is -0.444 e. The molecule has 0 bridgehead atoms. The van der Waals surface area contributed by atoms with E-state index in [0.29, 0.717) is 6.04 Å². The summed E-state index contributed by atoms with van der Waals surface area (Å²) in [7, 11) is 1.92. The highest BCUT2D eigenvalue weighted by Gasteiger charge is 2.26. The summed E-state index contributed by atoms with van der Waals surface area (Å²) in [5.74, 6) is 0. The first-order chi connectivity index (χ1) is 13.7. The second kappa shape index (κ2) is 25.2. The molecular formula is C23H56N2O5S4. The van der Waals surface area contributed by atoms with Crippen LogP contribution in [0.5, 0.6) is 0 Å². The molecule has 0 aromatic heterocycles. The Morgan fingerprint density at radius 1 is 0.794 bits per heavy atom. The zero-order chi connectivity index (χ0) is 21.7. The molecule has 1 aliphatic heterocycles. The van der Waals surface area contributed by atoms with E-state index in [9.17, 15) is 15.0 Å². The molecule has 212 valence electrons. The summed E-state index contributed by atoms with van der Waals surface area (Å²) in [6, 6.07) is 0.215. The molecule has 34 heavy (non-hydrogen) atoms. The van der Waals surface area contributed by atoms with Crippen molar-refractivity contribution in [3.63, 3.8) is 0 Å². The largest absolute Gasteiger partial charge is 0.444 e. The molecule has 11 heteroatoms. The second-order valence-electron chi connectivity index (χ2n) is 9.17. The third-order valence-corrected chi connectivity index (χ3v) is 5.36. The Morgan fingerprint density at radius 2 is 1.21 bits per heavy atom. The molecular weight excluding hydrogens is 513 g/mol. The van der Waals surface area contributed by atoms with Crippen molar-refractivity contribution in [1.29, 1.82) is 0 Å². The standard InChI is InChI=1S/C11H21NO3.C7H15NO.C4H8O.CH4.4H2S/c1-11(2,3)15-10(14)12-8-6-4-5-7-9(8)13;1-8-6-4-2-3-5-7(6)9;1-2-4-5-3-1;;;;;/h8-9,13H,4-7H2,1-3H3,(H,12,14);6-9H,2-5H2,1H3;1-4H2;1H4;4*1H2/t8-,9-;6-,7-;;;;;;/m00....../s1. The summed E-state index contributed by atoms with van der Waals surface area (Å²) in [4.78, 5) is 11.4. The third kappa shape index (κ3) is 21.8. The van der Waals surface area contributed by atoms with Crippen molar-refractivity contribution in [3.8, 4) is 0 Å². The maximum atomic E-state index is 11.4. The van der Waals surface area contributed by atoms with Crippen molar-refractivity contribution < 1.29 is 24.5 Å². The van der Waals surface area contributed by atoms with Gasteiger partial charge in [-0.3, -0.25) is 0 Å². The Balaban J connectivity index is -0.000000128. The molecule has 1 amide bonds. The third-order valence-electron chi connectivity index (χ3n) is 5.36. The number of ether oxygens (including phenoxy) is 2. The summed E-state index contributed by atoms with van der Waals surface area (Å²) >= 11 is 0. The van der Waals surface area contributed by atoms with E-state index in [1.165, 1.54) is 25.7 Å². The van der Waals surface area contributed by atoms with Gasteiger partial charge in [0.2, 0.25) is 0 Å². The van der Waals surface area contributed by atoms with Gasteiger partial charge in [-0.15, -0.1) is 0 Å². The van der Waals surface area contributed by atoms with Crippen LogP contribution in [0.3, 0.4) is 0 Å². The molecule has 3 fully saturated rings. The Hall–Kier alpha value is 0.510. The molecule has 7 nitrogen and oxygen atoms in total. The quantitative estimate of drug-likeness (QED) is 0.398. The van der Waals surface area contributed by atoms with Gasteiger partial charge in [-0.05, 0) is 66.3 Å². The number of rotatable bonds is 2. The van der Waals surface area contributed by atoms with E-state index in [1.54, 1.807) is 0 Å². The van der Waals surface area contributed by atoms with Crippen LogP contribution in [0.15, 0.2) is 0 Å². The summed E-state index contributed by atoms with van der Waals surface area (Å²) in [6.07, 6.45) is 9.86. The van der Waals surface area contributed by atoms with Crippen LogP contribution in [-0.2, 0) is 9.47 Å². The van der Waals surface area contributed by atoms with Crippen LogP contribution < -0.4 is 10.6 Å². The van der Waals surface area contributed by atoms with Gasteiger partial charge in [0, 0.05) is 19.3 Å². The predicted octanol–water partition coefficient (Wildman–Crippen LogP) is 4.21. The van der Waals surface area contributed by atoms with Gasteiger partial charge in [0.1, 0.15) is 5.60 Å². The molecule has 0 radical (unpaired) electrons. The monoisotopic (exact) mass is 568 g/mol. The van der Waals surface area contributed by atoms with E-state index < -0.39 is 17.8 Å². The van der Waals surface area contributed by atoms with Gasteiger partial charge in [0.15, 0.2) is 0 Å². The van der Waals surface area contributed by atoms with E-state index in [4.69, 9.17) is 9.47 Å². The van der Waals surface area contributed by atoms with Gasteiger partial charge in [-0.25, -0.2) is 4.79 Å². The number of alkyl carbamates (subject to hydrolysis) is 1. The molecule has 1 saturated heterocycles. The fraction of sp³-hybridized carbons (Fsp3) is 0.957. The summed E-state index contributed by atoms with van der Waals surface area (Å²) in [6.45, 7) is 7.47. The molecule has 4 atom stereocenters.